The number of rotatable bonds is 6. The number of aromatic hydroxyl groups is 1. The minimum absolute atomic E-state index is 0.00460. The lowest BCUT2D eigenvalue weighted by atomic mass is 9.59. The van der Waals surface area contributed by atoms with Crippen molar-refractivity contribution in [2.45, 2.75) is 38.0 Å². The largest absolute Gasteiger partial charge is 0.508 e. The number of amides is 1. The lowest BCUT2D eigenvalue weighted by Gasteiger charge is -2.46. The van der Waals surface area contributed by atoms with Crippen molar-refractivity contribution in [2.24, 2.45) is 17.6 Å². The molecule has 0 saturated heterocycles. The van der Waals surface area contributed by atoms with Crippen molar-refractivity contribution < 1.29 is 48.0 Å². The fourth-order valence-corrected chi connectivity index (χ4v) is 6.31. The number of phenolic OH excluding ortho intramolecular Hbond substituents is 1. The van der Waals surface area contributed by atoms with Gasteiger partial charge in [0.05, 0.1) is 5.56 Å². The number of primary amides is 1. The zero-order chi connectivity index (χ0) is 30.8. The van der Waals surface area contributed by atoms with Gasteiger partial charge in [-0.3, -0.25) is 14.4 Å². The first kappa shape index (κ1) is 29.1. The minimum Gasteiger partial charge on any atom is -0.508 e. The number of Topliss-reactive ketones (excluding diaryl/α,β-unsaturated/α-hetero) is 2. The Bertz CT molecular complexity index is 1610. The van der Waals surface area contributed by atoms with E-state index in [1.54, 1.807) is 25.1 Å². The van der Waals surface area contributed by atoms with Crippen LogP contribution in [-0.4, -0.2) is 57.6 Å². The molecule has 10 nitrogen and oxygen atoms in total. The van der Waals surface area contributed by atoms with Crippen molar-refractivity contribution in [1.82, 2.24) is 5.32 Å². The highest BCUT2D eigenvalue weighted by atomic mass is 19.2. The molecule has 222 valence electrons. The summed E-state index contributed by atoms with van der Waals surface area (Å²) in [4.78, 5) is 39.8. The lowest BCUT2D eigenvalue weighted by Crippen LogP contribution is -2.58. The van der Waals surface area contributed by atoms with E-state index in [-0.39, 0.29) is 48.2 Å². The predicted molar refractivity (Wildman–Crippen MR) is 143 cm³/mol. The quantitative estimate of drug-likeness (QED) is 0.219. The molecule has 3 aliphatic rings. The number of ketones is 2. The highest BCUT2D eigenvalue weighted by Gasteiger charge is 2.60. The van der Waals surface area contributed by atoms with Crippen LogP contribution in [0.25, 0.3) is 5.76 Å². The van der Waals surface area contributed by atoms with Gasteiger partial charge in [-0.05, 0) is 48.1 Å². The second-order valence-electron chi connectivity index (χ2n) is 11.0. The number of halogens is 3. The van der Waals surface area contributed by atoms with Crippen molar-refractivity contribution in [3.63, 3.8) is 0 Å². The number of carbonyl (C=O) groups is 3. The summed E-state index contributed by atoms with van der Waals surface area (Å²) in [6.07, 6.45) is -0.276. The van der Waals surface area contributed by atoms with E-state index < -0.39 is 81.6 Å². The Hall–Kier alpha value is -4.36. The third kappa shape index (κ3) is 4.31. The standard InChI is InChI=1S/C29H28F3N3O7/c1-35(2)18-7-13(10-34-9-11-3-16(30)23(32)17(31)4-11)24(37)21-15(18)6-12-5-14-8-19(36)22(28(33)41)27(40)29(14,42)26(39)20(12)25(21)38/h3-4,7,12,14,34,37-38,40,42H,5-6,8-10H2,1-2H3,(H2,33,41). The number of fused-ring (bicyclic) bond motifs is 3. The molecule has 5 rings (SSSR count). The maximum Gasteiger partial charge on any atom is 0.255 e. The molecule has 7 N–H and O–H groups in total. The summed E-state index contributed by atoms with van der Waals surface area (Å²) in [5.41, 5.74) is 2.75. The molecule has 3 atom stereocenters. The number of carbonyl (C=O) groups excluding carboxylic acids is 3. The number of phenols is 1. The third-order valence-electron chi connectivity index (χ3n) is 8.29. The van der Waals surface area contributed by atoms with E-state index in [0.717, 1.165) is 12.1 Å². The van der Waals surface area contributed by atoms with Gasteiger partial charge in [0.25, 0.3) is 5.91 Å². The summed E-state index contributed by atoms with van der Waals surface area (Å²) in [6, 6.07) is 3.31. The number of anilines is 1. The van der Waals surface area contributed by atoms with Gasteiger partial charge in [-0.25, -0.2) is 13.2 Å². The van der Waals surface area contributed by atoms with Crippen LogP contribution in [0.3, 0.4) is 0 Å². The van der Waals surface area contributed by atoms with Crippen molar-refractivity contribution in [2.75, 3.05) is 19.0 Å². The summed E-state index contributed by atoms with van der Waals surface area (Å²) >= 11 is 0. The number of nitrogens with two attached hydrogens (primary N) is 1. The second kappa shape index (κ2) is 10.2. The Kier molecular flexibility index (Phi) is 7.06. The maximum absolute atomic E-state index is 13.7. The third-order valence-corrected chi connectivity index (χ3v) is 8.29. The topological polar surface area (TPSA) is 173 Å². The normalized spacial score (nSPS) is 23.5. The molecule has 2 aromatic carbocycles. The number of aliphatic hydroxyl groups excluding tert-OH is 2. The molecule has 1 amide bonds. The van der Waals surface area contributed by atoms with Gasteiger partial charge in [-0.1, -0.05) is 0 Å². The maximum atomic E-state index is 13.7. The molecular formula is C29H28F3N3O7. The van der Waals surface area contributed by atoms with Gasteiger partial charge >= 0.3 is 0 Å². The van der Waals surface area contributed by atoms with Gasteiger partial charge < -0.3 is 36.4 Å². The number of nitrogens with zero attached hydrogens (tertiary/aromatic N) is 1. The Morgan fingerprint density at radius 1 is 1.07 bits per heavy atom. The molecule has 42 heavy (non-hydrogen) atoms. The van der Waals surface area contributed by atoms with E-state index in [1.807, 2.05) is 0 Å². The molecule has 3 aliphatic carbocycles. The molecule has 1 saturated carbocycles. The molecule has 0 radical (unpaired) electrons. The number of hydrogen-bond donors (Lipinski definition) is 6. The number of nitrogens with one attached hydrogen (secondary N) is 1. The van der Waals surface area contributed by atoms with E-state index in [0.29, 0.717) is 11.3 Å². The Morgan fingerprint density at radius 3 is 2.31 bits per heavy atom. The first-order valence-corrected chi connectivity index (χ1v) is 13.0. The first-order chi connectivity index (χ1) is 19.7. The molecule has 0 heterocycles. The summed E-state index contributed by atoms with van der Waals surface area (Å²) in [5.74, 6) is -11.5. The van der Waals surface area contributed by atoms with Crippen LogP contribution in [0.5, 0.6) is 5.75 Å². The van der Waals surface area contributed by atoms with Gasteiger partial charge in [0.1, 0.15) is 22.8 Å². The molecule has 0 spiro atoms. The van der Waals surface area contributed by atoms with Crippen LogP contribution in [0.2, 0.25) is 0 Å². The van der Waals surface area contributed by atoms with E-state index in [4.69, 9.17) is 5.73 Å². The molecule has 0 aromatic heterocycles. The molecule has 13 heteroatoms. The van der Waals surface area contributed by atoms with E-state index in [2.05, 4.69) is 5.32 Å². The number of aliphatic hydroxyl groups is 3. The van der Waals surface area contributed by atoms with Gasteiger partial charge in [0.15, 0.2) is 28.8 Å². The zero-order valence-electron chi connectivity index (χ0n) is 22.6. The van der Waals surface area contributed by atoms with Gasteiger partial charge in [-0.15, -0.1) is 0 Å². The van der Waals surface area contributed by atoms with Crippen LogP contribution in [0.1, 0.15) is 35.1 Å². The Balaban J connectivity index is 1.56. The first-order valence-electron chi connectivity index (χ1n) is 13.0. The second-order valence-corrected chi connectivity index (χ2v) is 11.0. The van der Waals surface area contributed by atoms with Crippen molar-refractivity contribution in [1.29, 1.82) is 0 Å². The average molecular weight is 588 g/mol. The summed E-state index contributed by atoms with van der Waals surface area (Å²) in [5, 5.41) is 47.7. The molecular weight excluding hydrogens is 559 g/mol. The summed E-state index contributed by atoms with van der Waals surface area (Å²) < 4.78 is 40.5. The van der Waals surface area contributed by atoms with Crippen molar-refractivity contribution >= 4 is 28.9 Å². The van der Waals surface area contributed by atoms with Crippen molar-refractivity contribution in [3.8, 4) is 5.75 Å². The lowest BCUT2D eigenvalue weighted by molar-refractivity contribution is -0.147. The summed E-state index contributed by atoms with van der Waals surface area (Å²) in [6.45, 7) is -0.170. The molecule has 0 aliphatic heterocycles. The molecule has 2 aromatic rings. The van der Waals surface area contributed by atoms with Crippen LogP contribution >= 0.6 is 0 Å². The van der Waals surface area contributed by atoms with Gasteiger partial charge in [0, 0.05) is 56.3 Å². The Labute approximate surface area is 237 Å². The highest BCUT2D eigenvalue weighted by Crippen LogP contribution is 2.53. The molecule has 0 bridgehead atoms. The van der Waals surface area contributed by atoms with E-state index in [9.17, 15) is 48.0 Å². The van der Waals surface area contributed by atoms with Crippen LogP contribution in [0.15, 0.2) is 35.1 Å². The van der Waals surface area contributed by atoms with E-state index in [1.165, 1.54) is 0 Å². The van der Waals surface area contributed by atoms with Crippen LogP contribution < -0.4 is 16.0 Å². The fraction of sp³-hybridized carbons (Fsp3) is 0.345. The Morgan fingerprint density at radius 2 is 1.71 bits per heavy atom. The minimum atomic E-state index is -2.67. The number of hydrogen-bond acceptors (Lipinski definition) is 9. The van der Waals surface area contributed by atoms with Crippen LogP contribution in [0, 0.1) is 29.3 Å². The van der Waals surface area contributed by atoms with Crippen molar-refractivity contribution in [3.05, 3.63) is 74.8 Å². The van der Waals surface area contributed by atoms with Gasteiger partial charge in [-0.2, -0.15) is 0 Å². The van der Waals surface area contributed by atoms with Crippen LogP contribution in [0.4, 0.5) is 18.9 Å². The molecule has 1 fully saturated rings. The van der Waals surface area contributed by atoms with Gasteiger partial charge in [0.2, 0.25) is 5.78 Å². The SMILES string of the molecule is CN(C)c1cc(CNCc2cc(F)c(F)c(F)c2)c(O)c2c1CC1CC3CC(=O)C(C(N)=O)=C(O)C3(O)C(=O)C1=C2O. The van der Waals surface area contributed by atoms with E-state index >= 15 is 0 Å². The highest BCUT2D eigenvalue weighted by molar-refractivity contribution is 6.22. The monoisotopic (exact) mass is 587 g/mol. The zero-order valence-corrected chi connectivity index (χ0v) is 22.6. The molecule has 3 unspecified atom stereocenters. The fourth-order valence-electron chi connectivity index (χ4n) is 6.31. The smallest absolute Gasteiger partial charge is 0.255 e. The average Bonchev–Trinajstić information content (AvgIpc) is 2.90. The van der Waals surface area contributed by atoms with Crippen LogP contribution in [-0.2, 0) is 33.9 Å². The summed E-state index contributed by atoms with van der Waals surface area (Å²) in [7, 11) is 3.45. The predicted octanol–water partition coefficient (Wildman–Crippen LogP) is 2.20. The number of benzene rings is 2.